The molecular formula is C15H25N3O4. The lowest BCUT2D eigenvalue weighted by molar-refractivity contribution is -0.130. The Kier molecular flexibility index (Phi) is 5.76. The summed E-state index contributed by atoms with van der Waals surface area (Å²) < 4.78 is 5.28. The molecule has 22 heavy (non-hydrogen) atoms. The first-order chi connectivity index (χ1) is 10.5. The average molecular weight is 311 g/mol. The third kappa shape index (κ3) is 4.19. The van der Waals surface area contributed by atoms with E-state index in [0.717, 1.165) is 12.8 Å². The smallest absolute Gasteiger partial charge is 0.249 e. The van der Waals surface area contributed by atoms with E-state index < -0.39 is 0 Å². The first-order valence-corrected chi connectivity index (χ1v) is 7.95. The van der Waals surface area contributed by atoms with E-state index in [0.29, 0.717) is 26.2 Å². The summed E-state index contributed by atoms with van der Waals surface area (Å²) in [5.74, 6) is -0.498. The molecule has 0 aromatic heterocycles. The van der Waals surface area contributed by atoms with Crippen molar-refractivity contribution in [2.75, 3.05) is 26.2 Å². The molecule has 2 fully saturated rings. The van der Waals surface area contributed by atoms with Crippen molar-refractivity contribution in [2.45, 2.75) is 45.3 Å². The summed E-state index contributed by atoms with van der Waals surface area (Å²) in [6, 6.07) is 0.121. The second kappa shape index (κ2) is 7.58. The topological polar surface area (TPSA) is 87.7 Å². The van der Waals surface area contributed by atoms with Gasteiger partial charge in [0.2, 0.25) is 17.7 Å². The standard InChI is InChI=1S/C15H25N3O4/c1-10(2)18-9-11(8-13(18)19)14(20)16-5-6-17-15(21)12-4-3-7-22-12/h10-12H,3-9H2,1-2H3,(H,16,20)(H,17,21). The molecule has 0 aromatic carbocycles. The first kappa shape index (κ1) is 16.7. The number of rotatable bonds is 6. The van der Waals surface area contributed by atoms with Crippen LogP contribution in [0.5, 0.6) is 0 Å². The summed E-state index contributed by atoms with van der Waals surface area (Å²) in [5, 5.41) is 5.53. The first-order valence-electron chi connectivity index (χ1n) is 7.95. The van der Waals surface area contributed by atoms with Crippen molar-refractivity contribution in [1.29, 1.82) is 0 Å². The van der Waals surface area contributed by atoms with Crippen molar-refractivity contribution in [3.05, 3.63) is 0 Å². The lowest BCUT2D eigenvalue weighted by Crippen LogP contribution is -2.41. The van der Waals surface area contributed by atoms with E-state index in [1.165, 1.54) is 0 Å². The van der Waals surface area contributed by atoms with Crippen LogP contribution in [0.2, 0.25) is 0 Å². The van der Waals surface area contributed by atoms with Gasteiger partial charge < -0.3 is 20.3 Å². The monoisotopic (exact) mass is 311 g/mol. The molecule has 2 aliphatic rings. The van der Waals surface area contributed by atoms with Gasteiger partial charge in [-0.1, -0.05) is 0 Å². The molecule has 0 radical (unpaired) electrons. The molecule has 124 valence electrons. The van der Waals surface area contributed by atoms with Gasteiger partial charge in [0.25, 0.3) is 0 Å². The maximum Gasteiger partial charge on any atom is 0.249 e. The minimum Gasteiger partial charge on any atom is -0.368 e. The predicted octanol–water partition coefficient (Wildman–Crippen LogP) is -0.345. The Morgan fingerprint density at radius 2 is 1.95 bits per heavy atom. The van der Waals surface area contributed by atoms with Crippen molar-refractivity contribution >= 4 is 17.7 Å². The number of hydrogen-bond acceptors (Lipinski definition) is 4. The number of likely N-dealkylation sites (tertiary alicyclic amines) is 1. The molecule has 2 atom stereocenters. The van der Waals surface area contributed by atoms with Gasteiger partial charge in [-0.05, 0) is 26.7 Å². The minimum absolute atomic E-state index is 0.0295. The fraction of sp³-hybridized carbons (Fsp3) is 0.800. The van der Waals surface area contributed by atoms with Crippen molar-refractivity contribution in [3.8, 4) is 0 Å². The molecular weight excluding hydrogens is 286 g/mol. The Morgan fingerprint density at radius 1 is 1.27 bits per heavy atom. The summed E-state index contributed by atoms with van der Waals surface area (Å²) in [6.45, 7) is 5.74. The van der Waals surface area contributed by atoms with Gasteiger partial charge in [0.05, 0.1) is 5.92 Å². The van der Waals surface area contributed by atoms with Crippen LogP contribution in [0.1, 0.15) is 33.1 Å². The maximum absolute atomic E-state index is 12.0. The van der Waals surface area contributed by atoms with Crippen LogP contribution < -0.4 is 10.6 Å². The highest BCUT2D eigenvalue weighted by Gasteiger charge is 2.35. The Bertz CT molecular complexity index is 433. The lowest BCUT2D eigenvalue weighted by atomic mass is 10.1. The molecule has 0 aromatic rings. The van der Waals surface area contributed by atoms with Gasteiger partial charge in [-0.15, -0.1) is 0 Å². The van der Waals surface area contributed by atoms with Crippen molar-refractivity contribution in [3.63, 3.8) is 0 Å². The van der Waals surface area contributed by atoms with Crippen molar-refractivity contribution < 1.29 is 19.1 Å². The fourth-order valence-electron chi connectivity index (χ4n) is 2.82. The molecule has 2 heterocycles. The van der Waals surface area contributed by atoms with Crippen LogP contribution in [0.25, 0.3) is 0 Å². The summed E-state index contributed by atoms with van der Waals surface area (Å²) in [5.41, 5.74) is 0. The zero-order valence-electron chi connectivity index (χ0n) is 13.3. The van der Waals surface area contributed by atoms with Crippen molar-refractivity contribution in [1.82, 2.24) is 15.5 Å². The Balaban J connectivity index is 1.64. The summed E-state index contributed by atoms with van der Waals surface area (Å²) in [6.07, 6.45) is 1.60. The molecule has 3 amide bonds. The van der Waals surface area contributed by atoms with E-state index in [9.17, 15) is 14.4 Å². The molecule has 2 N–H and O–H groups in total. The fourth-order valence-corrected chi connectivity index (χ4v) is 2.82. The van der Waals surface area contributed by atoms with E-state index in [1.54, 1.807) is 4.90 Å². The Labute approximate surface area is 130 Å². The maximum atomic E-state index is 12.0. The Hall–Kier alpha value is -1.63. The van der Waals surface area contributed by atoms with Crippen molar-refractivity contribution in [2.24, 2.45) is 5.92 Å². The van der Waals surface area contributed by atoms with Crippen LogP contribution in [0, 0.1) is 5.92 Å². The van der Waals surface area contributed by atoms with E-state index in [1.807, 2.05) is 13.8 Å². The number of nitrogens with zero attached hydrogens (tertiary/aromatic N) is 1. The lowest BCUT2D eigenvalue weighted by Gasteiger charge is -2.20. The third-order valence-corrected chi connectivity index (χ3v) is 4.10. The second-order valence-electron chi connectivity index (χ2n) is 6.12. The molecule has 0 bridgehead atoms. The predicted molar refractivity (Wildman–Crippen MR) is 79.9 cm³/mol. The molecule has 0 aliphatic carbocycles. The summed E-state index contributed by atoms with van der Waals surface area (Å²) in [7, 11) is 0. The molecule has 2 aliphatic heterocycles. The summed E-state index contributed by atoms with van der Waals surface area (Å²) >= 11 is 0. The molecule has 2 rings (SSSR count). The van der Waals surface area contributed by atoms with Crippen LogP contribution in [0.4, 0.5) is 0 Å². The number of carbonyl (C=O) groups is 3. The number of carbonyl (C=O) groups excluding carboxylic acids is 3. The minimum atomic E-state index is -0.345. The zero-order valence-corrected chi connectivity index (χ0v) is 13.3. The number of amides is 3. The largest absolute Gasteiger partial charge is 0.368 e. The highest BCUT2D eigenvalue weighted by atomic mass is 16.5. The van der Waals surface area contributed by atoms with Crippen LogP contribution in [0.3, 0.4) is 0 Å². The molecule has 2 unspecified atom stereocenters. The van der Waals surface area contributed by atoms with Crippen LogP contribution in [0.15, 0.2) is 0 Å². The van der Waals surface area contributed by atoms with Gasteiger partial charge in [-0.25, -0.2) is 0 Å². The average Bonchev–Trinajstić information content (AvgIpc) is 3.12. The SMILES string of the molecule is CC(C)N1CC(C(=O)NCCNC(=O)C2CCCO2)CC1=O. The molecule has 2 saturated heterocycles. The number of hydrogen-bond donors (Lipinski definition) is 2. The molecule has 0 spiro atoms. The van der Waals surface area contributed by atoms with Crippen LogP contribution in [-0.2, 0) is 19.1 Å². The molecule has 7 nitrogen and oxygen atoms in total. The Morgan fingerprint density at radius 3 is 2.50 bits per heavy atom. The van der Waals surface area contributed by atoms with E-state index in [2.05, 4.69) is 10.6 Å². The van der Waals surface area contributed by atoms with Crippen LogP contribution >= 0.6 is 0 Å². The quantitative estimate of drug-likeness (QED) is 0.657. The summed E-state index contributed by atoms with van der Waals surface area (Å²) in [4.78, 5) is 37.2. The number of ether oxygens (including phenoxy) is 1. The van der Waals surface area contributed by atoms with Gasteiger partial charge in [0.1, 0.15) is 6.10 Å². The van der Waals surface area contributed by atoms with Gasteiger partial charge in [0, 0.05) is 38.7 Å². The molecule has 0 saturated carbocycles. The number of nitrogens with one attached hydrogen (secondary N) is 2. The van der Waals surface area contributed by atoms with E-state index in [4.69, 9.17) is 4.74 Å². The van der Waals surface area contributed by atoms with Gasteiger partial charge in [-0.3, -0.25) is 14.4 Å². The van der Waals surface area contributed by atoms with Gasteiger partial charge in [-0.2, -0.15) is 0 Å². The normalized spacial score (nSPS) is 24.9. The van der Waals surface area contributed by atoms with Crippen LogP contribution in [-0.4, -0.2) is 61.0 Å². The highest BCUT2D eigenvalue weighted by Crippen LogP contribution is 2.20. The van der Waals surface area contributed by atoms with Gasteiger partial charge >= 0.3 is 0 Å². The molecule has 7 heteroatoms. The second-order valence-corrected chi connectivity index (χ2v) is 6.12. The van der Waals surface area contributed by atoms with Gasteiger partial charge in [0.15, 0.2) is 0 Å². The third-order valence-electron chi connectivity index (χ3n) is 4.10. The highest BCUT2D eigenvalue weighted by molar-refractivity contribution is 5.89. The van der Waals surface area contributed by atoms with E-state index in [-0.39, 0.29) is 42.2 Å². The zero-order chi connectivity index (χ0) is 16.1. The van der Waals surface area contributed by atoms with E-state index >= 15 is 0 Å².